The van der Waals surface area contributed by atoms with Gasteiger partial charge in [0.1, 0.15) is 5.75 Å². The summed E-state index contributed by atoms with van der Waals surface area (Å²) in [7, 11) is 0. The van der Waals surface area contributed by atoms with Crippen LogP contribution in [0, 0.1) is 0 Å². The zero-order chi connectivity index (χ0) is 18.2. The van der Waals surface area contributed by atoms with Crippen molar-refractivity contribution in [2.24, 2.45) is 0 Å². The van der Waals surface area contributed by atoms with E-state index >= 15 is 0 Å². The molecule has 25 heavy (non-hydrogen) atoms. The second-order valence-electron chi connectivity index (χ2n) is 5.67. The summed E-state index contributed by atoms with van der Waals surface area (Å²) < 4.78 is 0. The van der Waals surface area contributed by atoms with Gasteiger partial charge in [-0.1, -0.05) is 30.3 Å². The number of nitrogens with one attached hydrogen (secondary N) is 2. The predicted octanol–water partition coefficient (Wildman–Crippen LogP) is 3.08. The van der Waals surface area contributed by atoms with Crippen LogP contribution in [0.25, 0.3) is 0 Å². The highest BCUT2D eigenvalue weighted by Crippen LogP contribution is 2.17. The lowest BCUT2D eigenvalue weighted by molar-refractivity contribution is -0.129. The van der Waals surface area contributed by atoms with Crippen LogP contribution in [0.15, 0.2) is 48.5 Å². The fraction of sp³-hybridized carbons (Fsp3) is 0.263. The number of anilines is 1. The number of rotatable bonds is 6. The lowest BCUT2D eigenvalue weighted by atomic mass is 10.1. The Labute approximate surface area is 147 Å². The summed E-state index contributed by atoms with van der Waals surface area (Å²) in [5, 5.41) is 15.0. The first-order valence-corrected chi connectivity index (χ1v) is 8.15. The number of carbonyl (C=O) groups is 2. The van der Waals surface area contributed by atoms with Crippen LogP contribution in [0.5, 0.6) is 5.75 Å². The quantitative estimate of drug-likeness (QED) is 0.755. The second kappa shape index (κ2) is 8.73. The predicted molar refractivity (Wildman–Crippen MR) is 97.2 cm³/mol. The summed E-state index contributed by atoms with van der Waals surface area (Å²) in [6.07, 6.45) is 0. The number of para-hydroxylation sites is 1. The monoisotopic (exact) mass is 341 g/mol. The number of hydrogen-bond donors (Lipinski definition) is 3. The zero-order valence-electron chi connectivity index (χ0n) is 14.5. The fourth-order valence-electron chi connectivity index (χ4n) is 2.45. The minimum Gasteiger partial charge on any atom is -0.508 e. The van der Waals surface area contributed by atoms with E-state index in [0.717, 1.165) is 11.1 Å². The Morgan fingerprint density at radius 1 is 1.12 bits per heavy atom. The van der Waals surface area contributed by atoms with Gasteiger partial charge in [0, 0.05) is 32.2 Å². The van der Waals surface area contributed by atoms with Gasteiger partial charge in [-0.05, 0) is 36.2 Å². The lowest BCUT2D eigenvalue weighted by Gasteiger charge is -2.21. The molecule has 0 saturated carbocycles. The molecule has 3 N–H and O–H groups in total. The topological polar surface area (TPSA) is 81.7 Å². The number of phenols is 1. The molecule has 0 atom stereocenters. The molecule has 132 valence electrons. The van der Waals surface area contributed by atoms with Crippen molar-refractivity contribution in [1.82, 2.24) is 10.2 Å². The second-order valence-corrected chi connectivity index (χ2v) is 5.67. The average molecular weight is 341 g/mol. The van der Waals surface area contributed by atoms with Crippen LogP contribution < -0.4 is 10.6 Å². The summed E-state index contributed by atoms with van der Waals surface area (Å²) in [5.41, 5.74) is 2.33. The van der Waals surface area contributed by atoms with Gasteiger partial charge in [0.05, 0.1) is 0 Å². The molecular formula is C19H23N3O3. The summed E-state index contributed by atoms with van der Waals surface area (Å²) in [4.78, 5) is 25.5. The van der Waals surface area contributed by atoms with Gasteiger partial charge in [-0.2, -0.15) is 0 Å². The molecule has 0 aromatic heterocycles. The van der Waals surface area contributed by atoms with E-state index in [4.69, 9.17) is 0 Å². The van der Waals surface area contributed by atoms with Crippen molar-refractivity contribution >= 4 is 17.6 Å². The molecule has 0 aliphatic rings. The lowest BCUT2D eigenvalue weighted by Crippen LogP contribution is -2.30. The first-order chi connectivity index (χ1) is 12.0. The van der Waals surface area contributed by atoms with Crippen molar-refractivity contribution in [3.63, 3.8) is 0 Å². The van der Waals surface area contributed by atoms with Crippen LogP contribution >= 0.6 is 0 Å². The van der Waals surface area contributed by atoms with Gasteiger partial charge >= 0.3 is 6.03 Å². The normalized spacial score (nSPS) is 10.2. The maximum absolute atomic E-state index is 12.1. The highest BCUT2D eigenvalue weighted by atomic mass is 16.3. The van der Waals surface area contributed by atoms with Crippen LogP contribution in [-0.2, 0) is 17.9 Å². The largest absolute Gasteiger partial charge is 0.508 e. The number of nitrogens with zero attached hydrogens (tertiary/aromatic N) is 1. The Balaban J connectivity index is 1.99. The number of amides is 3. The fourth-order valence-corrected chi connectivity index (χ4v) is 2.45. The molecule has 0 spiro atoms. The number of carbonyl (C=O) groups excluding carboxylic acids is 2. The third-order valence-electron chi connectivity index (χ3n) is 3.82. The summed E-state index contributed by atoms with van der Waals surface area (Å²) >= 11 is 0. The van der Waals surface area contributed by atoms with Gasteiger partial charge in [-0.25, -0.2) is 4.79 Å². The molecule has 2 aromatic carbocycles. The standard InChI is InChI=1S/C19H23N3O3/c1-3-22(14(2)23)13-16-8-4-5-10-18(16)21-19(25)20-12-15-7-6-9-17(24)11-15/h4-11,24H,3,12-13H2,1-2H3,(H2,20,21,25). The molecule has 2 aromatic rings. The van der Waals surface area contributed by atoms with Gasteiger partial charge in [0.25, 0.3) is 0 Å². The first-order valence-electron chi connectivity index (χ1n) is 8.15. The smallest absolute Gasteiger partial charge is 0.319 e. The van der Waals surface area contributed by atoms with Crippen LogP contribution in [0.2, 0.25) is 0 Å². The van der Waals surface area contributed by atoms with Gasteiger partial charge in [0.15, 0.2) is 0 Å². The van der Waals surface area contributed by atoms with E-state index in [0.29, 0.717) is 25.3 Å². The maximum atomic E-state index is 12.1. The molecule has 0 saturated heterocycles. The van der Waals surface area contributed by atoms with Crippen molar-refractivity contribution in [2.75, 3.05) is 11.9 Å². The van der Waals surface area contributed by atoms with Crippen LogP contribution in [-0.4, -0.2) is 28.5 Å². The highest BCUT2D eigenvalue weighted by Gasteiger charge is 2.11. The molecule has 0 radical (unpaired) electrons. The Hall–Kier alpha value is -3.02. The van der Waals surface area contributed by atoms with Gasteiger partial charge in [-0.3, -0.25) is 4.79 Å². The van der Waals surface area contributed by atoms with E-state index < -0.39 is 0 Å². The molecular weight excluding hydrogens is 318 g/mol. The number of aromatic hydroxyl groups is 1. The van der Waals surface area contributed by atoms with Crippen LogP contribution in [0.3, 0.4) is 0 Å². The van der Waals surface area contributed by atoms with Crippen LogP contribution in [0.1, 0.15) is 25.0 Å². The van der Waals surface area contributed by atoms with Crippen molar-refractivity contribution in [1.29, 1.82) is 0 Å². The molecule has 0 fully saturated rings. The number of urea groups is 1. The Morgan fingerprint density at radius 2 is 1.88 bits per heavy atom. The Bertz CT molecular complexity index is 746. The molecule has 6 nitrogen and oxygen atoms in total. The van der Waals surface area contributed by atoms with Crippen LogP contribution in [0.4, 0.5) is 10.5 Å². The van der Waals surface area contributed by atoms with E-state index in [2.05, 4.69) is 10.6 Å². The van der Waals surface area contributed by atoms with Gasteiger partial charge < -0.3 is 20.6 Å². The van der Waals surface area contributed by atoms with E-state index in [1.807, 2.05) is 31.2 Å². The maximum Gasteiger partial charge on any atom is 0.319 e. The molecule has 3 amide bonds. The number of benzene rings is 2. The molecule has 6 heteroatoms. The third kappa shape index (κ3) is 5.53. The van der Waals surface area contributed by atoms with Crippen molar-refractivity contribution in [3.8, 4) is 5.75 Å². The molecule has 0 aliphatic carbocycles. The summed E-state index contributed by atoms with van der Waals surface area (Å²) in [5.74, 6) is 0.152. The zero-order valence-corrected chi connectivity index (χ0v) is 14.5. The number of hydrogen-bond acceptors (Lipinski definition) is 3. The van der Waals surface area contributed by atoms with Crippen molar-refractivity contribution < 1.29 is 14.7 Å². The molecule has 0 bridgehead atoms. The average Bonchev–Trinajstić information content (AvgIpc) is 2.59. The molecule has 0 unspecified atom stereocenters. The molecule has 2 rings (SSSR count). The highest BCUT2D eigenvalue weighted by molar-refractivity contribution is 5.90. The number of phenolic OH excluding ortho intramolecular Hbond substituents is 1. The van der Waals surface area contributed by atoms with Gasteiger partial charge in [-0.15, -0.1) is 0 Å². The Kier molecular flexibility index (Phi) is 6.39. The minimum atomic E-state index is -0.346. The SMILES string of the molecule is CCN(Cc1ccccc1NC(=O)NCc1cccc(O)c1)C(C)=O. The van der Waals surface area contributed by atoms with Crippen molar-refractivity contribution in [2.45, 2.75) is 26.9 Å². The van der Waals surface area contributed by atoms with Crippen molar-refractivity contribution in [3.05, 3.63) is 59.7 Å². The van der Waals surface area contributed by atoms with E-state index in [1.54, 1.807) is 29.2 Å². The molecule has 0 aliphatic heterocycles. The third-order valence-corrected chi connectivity index (χ3v) is 3.82. The van der Waals surface area contributed by atoms with Gasteiger partial charge in [0.2, 0.25) is 5.91 Å². The van der Waals surface area contributed by atoms with E-state index in [-0.39, 0.29) is 17.7 Å². The first kappa shape index (κ1) is 18.3. The summed E-state index contributed by atoms with van der Waals surface area (Å²) in [6.45, 7) is 4.79. The minimum absolute atomic E-state index is 0.00867. The van der Waals surface area contributed by atoms with E-state index in [9.17, 15) is 14.7 Å². The van der Waals surface area contributed by atoms with E-state index in [1.165, 1.54) is 6.92 Å². The Morgan fingerprint density at radius 3 is 2.56 bits per heavy atom. The molecule has 0 heterocycles. The summed E-state index contributed by atoms with van der Waals surface area (Å²) in [6, 6.07) is 13.8.